The van der Waals surface area contributed by atoms with Crippen LogP contribution in [0.15, 0.2) is 49.6 Å². The highest BCUT2D eigenvalue weighted by molar-refractivity contribution is 9.09. The lowest BCUT2D eigenvalue weighted by molar-refractivity contribution is -0.145. The van der Waals surface area contributed by atoms with E-state index in [0.29, 0.717) is 43.1 Å². The van der Waals surface area contributed by atoms with Crippen LogP contribution >= 0.6 is 27.5 Å². The van der Waals surface area contributed by atoms with E-state index < -0.39 is 29.6 Å². The van der Waals surface area contributed by atoms with Gasteiger partial charge in [0.25, 0.3) is 5.91 Å². The first-order chi connectivity index (χ1) is 18.7. The van der Waals surface area contributed by atoms with Crippen molar-refractivity contribution in [3.05, 3.63) is 54.6 Å². The number of rotatable bonds is 13. The van der Waals surface area contributed by atoms with Crippen LogP contribution in [0.25, 0.3) is 0 Å². The van der Waals surface area contributed by atoms with E-state index in [9.17, 15) is 19.5 Å². The van der Waals surface area contributed by atoms with Crippen LogP contribution in [0, 0.1) is 11.8 Å². The second kappa shape index (κ2) is 12.5. The fourth-order valence-electron chi connectivity index (χ4n) is 6.47. The Morgan fingerprint density at radius 2 is 1.90 bits per heavy atom. The molecule has 10 heteroatoms. The number of likely N-dealkylation sites (tertiary alicyclic amines) is 1. The van der Waals surface area contributed by atoms with Gasteiger partial charge in [-0.1, -0.05) is 46.6 Å². The molecular formula is C29H37BrClN3O5. The second-order valence-electron chi connectivity index (χ2n) is 10.4. The van der Waals surface area contributed by atoms with Gasteiger partial charge in [-0.3, -0.25) is 14.4 Å². The van der Waals surface area contributed by atoms with Gasteiger partial charge in [0, 0.05) is 48.3 Å². The molecule has 2 bridgehead atoms. The highest BCUT2D eigenvalue weighted by atomic mass is 79.9. The Balaban J connectivity index is 1.77. The Bertz CT molecular complexity index is 1100. The smallest absolute Gasteiger partial charge is 0.253 e. The van der Waals surface area contributed by atoms with Crippen LogP contribution in [-0.2, 0) is 19.1 Å². The Morgan fingerprint density at radius 3 is 2.51 bits per heavy atom. The summed E-state index contributed by atoms with van der Waals surface area (Å²) in [7, 11) is 0. The van der Waals surface area contributed by atoms with E-state index in [-0.39, 0.29) is 42.2 Å². The fourth-order valence-corrected chi connectivity index (χ4v) is 7.54. The highest BCUT2D eigenvalue weighted by Gasteiger charge is 2.76. The Hall–Kier alpha value is -2.20. The van der Waals surface area contributed by atoms with Crippen LogP contribution in [0.1, 0.15) is 32.6 Å². The van der Waals surface area contributed by atoms with Gasteiger partial charge in [-0.05, 0) is 49.9 Å². The molecule has 3 amide bonds. The number of ether oxygens (including phenoxy) is 1. The van der Waals surface area contributed by atoms with E-state index in [1.54, 1.807) is 51.1 Å². The Kier molecular flexibility index (Phi) is 9.57. The molecule has 0 aromatic heterocycles. The molecule has 1 N–H and O–H groups in total. The van der Waals surface area contributed by atoms with Gasteiger partial charge in [0.15, 0.2) is 0 Å². The normalized spacial score (nSPS) is 28.9. The second-order valence-corrected chi connectivity index (χ2v) is 12.0. The van der Waals surface area contributed by atoms with Crippen molar-refractivity contribution >= 4 is 50.9 Å². The van der Waals surface area contributed by atoms with Crippen molar-refractivity contribution in [3.8, 4) is 0 Å². The summed E-state index contributed by atoms with van der Waals surface area (Å²) in [5.74, 6) is -2.15. The third-order valence-corrected chi connectivity index (χ3v) is 9.08. The average molecular weight is 623 g/mol. The molecule has 0 radical (unpaired) electrons. The SMILES string of the molecule is C=CCN(CCC)C(=O)[C@H]1[C@H]2C(=O)N(CCCCO)C(C(=O)N(CC=C)c3ccc(Cl)cc3)C23CC(Br)[C@@H]1O3. The zero-order valence-corrected chi connectivity index (χ0v) is 24.6. The van der Waals surface area contributed by atoms with E-state index in [4.69, 9.17) is 16.3 Å². The summed E-state index contributed by atoms with van der Waals surface area (Å²) >= 11 is 9.83. The van der Waals surface area contributed by atoms with E-state index in [1.807, 2.05) is 6.92 Å². The predicted molar refractivity (Wildman–Crippen MR) is 155 cm³/mol. The molecule has 39 heavy (non-hydrogen) atoms. The lowest BCUT2D eigenvalue weighted by atomic mass is 9.70. The van der Waals surface area contributed by atoms with E-state index >= 15 is 0 Å². The maximum absolute atomic E-state index is 14.5. The van der Waals surface area contributed by atoms with Crippen LogP contribution in [0.3, 0.4) is 0 Å². The number of amides is 3. The third kappa shape index (κ3) is 5.31. The third-order valence-electron chi connectivity index (χ3n) is 7.99. The zero-order chi connectivity index (χ0) is 28.3. The molecule has 8 nitrogen and oxygen atoms in total. The molecule has 3 heterocycles. The van der Waals surface area contributed by atoms with Crippen molar-refractivity contribution in [2.24, 2.45) is 11.8 Å². The number of benzene rings is 1. The van der Waals surface area contributed by atoms with Gasteiger partial charge in [0.2, 0.25) is 11.8 Å². The van der Waals surface area contributed by atoms with Crippen molar-refractivity contribution in [1.82, 2.24) is 9.80 Å². The van der Waals surface area contributed by atoms with E-state index in [1.165, 1.54) is 0 Å². The van der Waals surface area contributed by atoms with Crippen LogP contribution in [0.5, 0.6) is 0 Å². The number of unbranched alkanes of at least 4 members (excludes halogenated alkanes) is 1. The maximum atomic E-state index is 14.5. The average Bonchev–Trinajstić information content (AvgIpc) is 3.50. The molecule has 6 atom stereocenters. The summed E-state index contributed by atoms with van der Waals surface area (Å²) in [6.07, 6.45) is 5.02. The number of alkyl halides is 1. The summed E-state index contributed by atoms with van der Waals surface area (Å²) in [4.78, 5) is 47.3. The summed E-state index contributed by atoms with van der Waals surface area (Å²) in [5, 5.41) is 9.94. The van der Waals surface area contributed by atoms with Crippen molar-refractivity contribution in [2.45, 2.75) is 55.2 Å². The van der Waals surface area contributed by atoms with Gasteiger partial charge in [0.1, 0.15) is 11.6 Å². The number of carbonyl (C=O) groups excluding carboxylic acids is 3. The molecule has 3 aliphatic heterocycles. The number of aliphatic hydroxyl groups is 1. The fraction of sp³-hybridized carbons (Fsp3) is 0.552. The molecule has 4 rings (SSSR count). The standard InChI is InChI=1S/C29H37BrClN3O5/c1-4-13-32(14-5-2)26(36)22-23-27(37)34(16-7-8-17-35)25(29(23)18-21(30)24(22)39-29)28(38)33(15-6-3)20-11-9-19(31)10-12-20/h4,6,9-12,21-25,35H,1,3,5,7-8,13-18H2,2H3/t21?,22-,23-,24-,25?,29?/m0/s1. The lowest BCUT2D eigenvalue weighted by Crippen LogP contribution is -2.57. The molecular weight excluding hydrogens is 586 g/mol. The number of nitrogens with zero attached hydrogens (tertiary/aromatic N) is 3. The predicted octanol–water partition coefficient (Wildman–Crippen LogP) is 3.80. The number of carbonyl (C=O) groups is 3. The Labute approximate surface area is 243 Å². The zero-order valence-electron chi connectivity index (χ0n) is 22.3. The molecule has 3 saturated heterocycles. The minimum atomic E-state index is -1.15. The summed E-state index contributed by atoms with van der Waals surface area (Å²) in [6, 6.07) is 6.02. The van der Waals surface area contributed by atoms with Crippen LogP contribution in [-0.4, -0.2) is 88.0 Å². The maximum Gasteiger partial charge on any atom is 0.253 e. The van der Waals surface area contributed by atoms with Crippen molar-refractivity contribution in [3.63, 3.8) is 0 Å². The molecule has 1 spiro atoms. The molecule has 1 aromatic carbocycles. The van der Waals surface area contributed by atoms with Gasteiger partial charge in [-0.2, -0.15) is 0 Å². The summed E-state index contributed by atoms with van der Waals surface area (Å²) in [5.41, 5.74) is -0.521. The molecule has 3 unspecified atom stereocenters. The monoisotopic (exact) mass is 621 g/mol. The number of hydrogen-bond donors (Lipinski definition) is 1. The van der Waals surface area contributed by atoms with Gasteiger partial charge < -0.3 is 24.5 Å². The minimum absolute atomic E-state index is 0.0146. The topological polar surface area (TPSA) is 90.4 Å². The molecule has 1 aromatic rings. The number of halogens is 2. The van der Waals surface area contributed by atoms with Crippen LogP contribution < -0.4 is 4.90 Å². The van der Waals surface area contributed by atoms with Crippen LogP contribution in [0.4, 0.5) is 5.69 Å². The van der Waals surface area contributed by atoms with Gasteiger partial charge in [-0.15, -0.1) is 13.2 Å². The highest BCUT2D eigenvalue weighted by Crippen LogP contribution is 2.60. The Morgan fingerprint density at radius 1 is 1.21 bits per heavy atom. The lowest BCUT2D eigenvalue weighted by Gasteiger charge is -2.37. The molecule has 0 saturated carbocycles. The summed E-state index contributed by atoms with van der Waals surface area (Å²) < 4.78 is 6.63. The number of hydrogen-bond acceptors (Lipinski definition) is 5. The molecule has 3 aliphatic rings. The first-order valence-corrected chi connectivity index (χ1v) is 14.9. The molecule has 0 aliphatic carbocycles. The number of fused-ring (bicyclic) bond motifs is 1. The van der Waals surface area contributed by atoms with Gasteiger partial charge >= 0.3 is 0 Å². The van der Waals surface area contributed by atoms with Gasteiger partial charge in [0.05, 0.1) is 17.9 Å². The molecule has 3 fully saturated rings. The first kappa shape index (κ1) is 29.8. The largest absolute Gasteiger partial charge is 0.396 e. The quantitative estimate of drug-likeness (QED) is 0.205. The molecule has 212 valence electrons. The van der Waals surface area contributed by atoms with Crippen molar-refractivity contribution in [2.75, 3.05) is 37.7 Å². The van der Waals surface area contributed by atoms with E-state index in [0.717, 1.165) is 6.42 Å². The summed E-state index contributed by atoms with van der Waals surface area (Å²) in [6.45, 7) is 11.0. The van der Waals surface area contributed by atoms with Crippen molar-refractivity contribution < 1.29 is 24.2 Å². The van der Waals surface area contributed by atoms with Gasteiger partial charge in [-0.25, -0.2) is 0 Å². The minimum Gasteiger partial charge on any atom is -0.396 e. The van der Waals surface area contributed by atoms with Crippen molar-refractivity contribution in [1.29, 1.82) is 0 Å². The van der Waals surface area contributed by atoms with Crippen LogP contribution in [0.2, 0.25) is 5.02 Å². The first-order valence-electron chi connectivity index (χ1n) is 13.6. The number of anilines is 1. The van der Waals surface area contributed by atoms with E-state index in [2.05, 4.69) is 29.1 Å². The number of aliphatic hydroxyl groups excluding tert-OH is 1.